The molecule has 0 aliphatic carbocycles. The molecule has 0 radical (unpaired) electrons. The maximum Gasteiger partial charge on any atom is 0.331 e. The van der Waals surface area contributed by atoms with E-state index in [1.54, 1.807) is 11.1 Å². The van der Waals surface area contributed by atoms with Crippen molar-refractivity contribution in [2.24, 2.45) is 0 Å². The number of hydrogen-bond donors (Lipinski definition) is 0. The van der Waals surface area contributed by atoms with Gasteiger partial charge < -0.3 is 14.7 Å². The predicted octanol–water partition coefficient (Wildman–Crippen LogP) is 2.47. The summed E-state index contributed by atoms with van der Waals surface area (Å²) >= 11 is 0. The molecule has 222 valence electrons. The molecule has 3 heterocycles. The molecule has 0 N–H and O–H groups in total. The van der Waals surface area contributed by atoms with E-state index in [0.29, 0.717) is 51.0 Å². The maximum absolute atomic E-state index is 13.5. The molecule has 3 aromatic rings. The number of aromatic nitrogens is 2. The highest BCUT2D eigenvalue weighted by Crippen LogP contribution is 2.24. The fourth-order valence-electron chi connectivity index (χ4n) is 6.15. The van der Waals surface area contributed by atoms with Crippen molar-refractivity contribution in [2.75, 3.05) is 40.3 Å². The summed E-state index contributed by atoms with van der Waals surface area (Å²) in [4.78, 5) is 59.3. The minimum atomic E-state index is -0.478. The Balaban J connectivity index is 1.33. The van der Waals surface area contributed by atoms with Crippen molar-refractivity contribution < 1.29 is 9.59 Å². The summed E-state index contributed by atoms with van der Waals surface area (Å²) in [5.41, 5.74) is 4.73. The van der Waals surface area contributed by atoms with Gasteiger partial charge in [0.25, 0.3) is 5.56 Å². The van der Waals surface area contributed by atoms with E-state index < -0.39 is 5.69 Å². The van der Waals surface area contributed by atoms with E-state index in [0.717, 1.165) is 28.7 Å². The molecule has 0 unspecified atom stereocenters. The van der Waals surface area contributed by atoms with Crippen molar-refractivity contribution >= 4 is 11.8 Å². The summed E-state index contributed by atoms with van der Waals surface area (Å²) in [5.74, 6) is -0.00916. The number of amides is 2. The average Bonchev–Trinajstić information content (AvgIpc) is 3.14. The minimum absolute atomic E-state index is 0.0995. The highest BCUT2D eigenvalue weighted by molar-refractivity contribution is 5.80. The molecular weight excluding hydrogens is 530 g/mol. The number of likely N-dealkylation sites (N-methyl/N-ethyl adjacent to an activating group) is 1. The second kappa shape index (κ2) is 12.5. The summed E-state index contributed by atoms with van der Waals surface area (Å²) in [6.07, 6.45) is 4.23. The van der Waals surface area contributed by atoms with Gasteiger partial charge in [-0.15, -0.1) is 0 Å². The monoisotopic (exact) mass is 571 g/mol. The van der Waals surface area contributed by atoms with Gasteiger partial charge in [-0.25, -0.2) is 4.79 Å². The fourth-order valence-corrected chi connectivity index (χ4v) is 6.15. The lowest BCUT2D eigenvalue weighted by atomic mass is 9.99. The van der Waals surface area contributed by atoms with Crippen LogP contribution in [0.2, 0.25) is 0 Å². The molecule has 2 aromatic carbocycles. The van der Waals surface area contributed by atoms with E-state index in [4.69, 9.17) is 0 Å². The first kappa shape index (κ1) is 29.5. The molecule has 2 aliphatic heterocycles. The van der Waals surface area contributed by atoms with Crippen LogP contribution < -0.4 is 11.2 Å². The SMILES string of the molecule is Cc1cccc(-c2cn(CC(=O)N3CCC(N4CCc5ccccc5CC4=O)CC3)c(=O)n(CCN(C)C)c2=O)c1C. The van der Waals surface area contributed by atoms with Gasteiger partial charge in [0.15, 0.2) is 0 Å². The van der Waals surface area contributed by atoms with E-state index in [1.165, 1.54) is 14.7 Å². The van der Waals surface area contributed by atoms with Gasteiger partial charge in [0.2, 0.25) is 11.8 Å². The number of likely N-dealkylation sites (tertiary alicyclic amines) is 1. The van der Waals surface area contributed by atoms with Crippen molar-refractivity contribution in [1.29, 1.82) is 0 Å². The maximum atomic E-state index is 13.5. The number of rotatable bonds is 7. The summed E-state index contributed by atoms with van der Waals surface area (Å²) in [7, 11) is 3.78. The molecule has 0 spiro atoms. The van der Waals surface area contributed by atoms with Crippen molar-refractivity contribution in [3.8, 4) is 11.1 Å². The molecule has 0 atom stereocenters. The van der Waals surface area contributed by atoms with E-state index in [-0.39, 0.29) is 36.5 Å². The van der Waals surface area contributed by atoms with Crippen molar-refractivity contribution in [3.05, 3.63) is 91.8 Å². The molecule has 2 aliphatic rings. The molecule has 0 bridgehead atoms. The van der Waals surface area contributed by atoms with E-state index >= 15 is 0 Å². The van der Waals surface area contributed by atoms with Gasteiger partial charge in [0, 0.05) is 45.0 Å². The van der Waals surface area contributed by atoms with Crippen LogP contribution in [-0.4, -0.2) is 82.0 Å². The third-order valence-corrected chi connectivity index (χ3v) is 8.87. The standard InChI is InChI=1S/C33H41N5O4/c1-23-8-7-11-28(24(23)2)29-21-36(33(42)38(32(29)41)19-18-34(3)4)22-31(40)35-15-13-27(14-16-35)37-17-12-25-9-5-6-10-26(25)20-30(37)39/h5-11,21,27H,12-20,22H2,1-4H3. The lowest BCUT2D eigenvalue weighted by Gasteiger charge is -2.38. The minimum Gasteiger partial charge on any atom is -0.341 e. The number of nitrogens with zero attached hydrogens (tertiary/aromatic N) is 5. The lowest BCUT2D eigenvalue weighted by Crippen LogP contribution is -2.50. The van der Waals surface area contributed by atoms with Crippen LogP contribution in [0.4, 0.5) is 0 Å². The smallest absolute Gasteiger partial charge is 0.331 e. The number of aryl methyl sites for hydroxylation is 1. The van der Waals surface area contributed by atoms with Gasteiger partial charge in [-0.2, -0.15) is 0 Å². The average molecular weight is 572 g/mol. The molecule has 0 saturated carbocycles. The molecule has 1 fully saturated rings. The zero-order valence-electron chi connectivity index (χ0n) is 25.1. The highest BCUT2D eigenvalue weighted by atomic mass is 16.2. The molecule has 9 heteroatoms. The third-order valence-electron chi connectivity index (χ3n) is 8.87. The largest absolute Gasteiger partial charge is 0.341 e. The van der Waals surface area contributed by atoms with Crippen LogP contribution in [0.3, 0.4) is 0 Å². The second-order valence-electron chi connectivity index (χ2n) is 11.9. The Kier molecular flexibility index (Phi) is 8.77. The first-order valence-corrected chi connectivity index (χ1v) is 14.8. The van der Waals surface area contributed by atoms with Crippen molar-refractivity contribution in [1.82, 2.24) is 23.8 Å². The lowest BCUT2D eigenvalue weighted by molar-refractivity contribution is -0.136. The Bertz CT molecular complexity index is 1600. The Morgan fingerprint density at radius 1 is 0.905 bits per heavy atom. The Morgan fingerprint density at radius 3 is 2.33 bits per heavy atom. The number of carbonyl (C=O) groups excluding carboxylic acids is 2. The molecule has 2 amide bonds. The Morgan fingerprint density at radius 2 is 1.62 bits per heavy atom. The number of fused-ring (bicyclic) bond motifs is 1. The Hall–Kier alpha value is -3.98. The van der Waals surface area contributed by atoms with E-state index in [2.05, 4.69) is 6.07 Å². The Labute approximate surface area is 247 Å². The van der Waals surface area contributed by atoms with Gasteiger partial charge >= 0.3 is 5.69 Å². The highest BCUT2D eigenvalue weighted by Gasteiger charge is 2.31. The second-order valence-corrected chi connectivity index (χ2v) is 11.9. The van der Waals surface area contributed by atoms with Gasteiger partial charge in [0.05, 0.1) is 12.0 Å². The summed E-state index contributed by atoms with van der Waals surface area (Å²) in [6.45, 7) is 6.32. The van der Waals surface area contributed by atoms with Crippen LogP contribution in [-0.2, 0) is 35.5 Å². The fraction of sp³-hybridized carbons (Fsp3) is 0.455. The first-order chi connectivity index (χ1) is 20.1. The topological polar surface area (TPSA) is 87.9 Å². The number of hydrogen-bond acceptors (Lipinski definition) is 5. The zero-order valence-corrected chi connectivity index (χ0v) is 25.1. The molecule has 5 rings (SSSR count). The van der Waals surface area contributed by atoms with E-state index in [9.17, 15) is 19.2 Å². The van der Waals surface area contributed by atoms with Crippen LogP contribution in [0.1, 0.15) is 35.1 Å². The molecule has 9 nitrogen and oxygen atoms in total. The van der Waals surface area contributed by atoms with Gasteiger partial charge in [0.1, 0.15) is 6.54 Å². The normalized spacial score (nSPS) is 16.1. The predicted molar refractivity (Wildman–Crippen MR) is 164 cm³/mol. The third kappa shape index (κ3) is 6.11. The zero-order chi connectivity index (χ0) is 30.0. The summed E-state index contributed by atoms with van der Waals surface area (Å²) < 4.78 is 2.64. The molecule has 1 aromatic heterocycles. The van der Waals surface area contributed by atoms with Crippen LogP contribution >= 0.6 is 0 Å². The first-order valence-electron chi connectivity index (χ1n) is 14.8. The van der Waals surface area contributed by atoms with Crippen LogP contribution in [0, 0.1) is 13.8 Å². The molecular formula is C33H41N5O4. The van der Waals surface area contributed by atoms with Crippen LogP contribution in [0.25, 0.3) is 11.1 Å². The van der Waals surface area contributed by atoms with Gasteiger partial charge in [-0.1, -0.05) is 42.5 Å². The molecule has 42 heavy (non-hydrogen) atoms. The van der Waals surface area contributed by atoms with Crippen LogP contribution in [0.15, 0.2) is 58.3 Å². The van der Waals surface area contributed by atoms with Crippen molar-refractivity contribution in [2.45, 2.75) is 58.7 Å². The van der Waals surface area contributed by atoms with Gasteiger partial charge in [-0.3, -0.25) is 23.5 Å². The molecule has 1 saturated heterocycles. The number of piperidine rings is 1. The summed E-state index contributed by atoms with van der Waals surface area (Å²) in [5, 5.41) is 0. The van der Waals surface area contributed by atoms with E-state index in [1.807, 2.05) is 74.1 Å². The van der Waals surface area contributed by atoms with Crippen molar-refractivity contribution in [3.63, 3.8) is 0 Å². The quantitative estimate of drug-likeness (QED) is 0.435. The number of carbonyl (C=O) groups is 2. The van der Waals surface area contributed by atoms with Gasteiger partial charge in [-0.05, 0) is 75.0 Å². The summed E-state index contributed by atoms with van der Waals surface area (Å²) in [6, 6.07) is 14.0. The number of benzene rings is 2. The van der Waals surface area contributed by atoms with Crippen LogP contribution in [0.5, 0.6) is 0 Å².